The number of alkyl halides is 3. The number of carbonyl (C=O) groups excluding carboxylic acids is 1. The summed E-state index contributed by atoms with van der Waals surface area (Å²) in [5.41, 5.74) is 2.04. The third-order valence-electron chi connectivity index (χ3n) is 5.59. The molecule has 0 spiro atoms. The van der Waals surface area contributed by atoms with Crippen molar-refractivity contribution in [3.8, 4) is 0 Å². The van der Waals surface area contributed by atoms with E-state index in [2.05, 4.69) is 10.3 Å². The maximum atomic E-state index is 12.9. The van der Waals surface area contributed by atoms with Crippen LogP contribution in [0.2, 0.25) is 5.02 Å². The van der Waals surface area contributed by atoms with E-state index in [0.717, 1.165) is 41.9 Å². The Morgan fingerprint density at radius 1 is 1.17 bits per heavy atom. The standard InChI is InChI=1S/C22H25ClF3N3O/c1-3-14-5-7-18(23)17(4-2)20(14)28-21(30)15-9-11-29(12-10-15)19-8-6-16(13-27-19)22(24,25)26/h5-8,13,15H,3-4,9-12H2,1-2H3,(H,28,30). The van der Waals surface area contributed by atoms with Crippen LogP contribution in [0.5, 0.6) is 0 Å². The second kappa shape index (κ2) is 9.25. The lowest BCUT2D eigenvalue weighted by Gasteiger charge is -2.32. The normalized spacial score (nSPS) is 15.3. The van der Waals surface area contributed by atoms with Crippen LogP contribution in [0.4, 0.5) is 24.7 Å². The second-order valence-corrected chi connectivity index (χ2v) is 7.83. The Morgan fingerprint density at radius 3 is 2.40 bits per heavy atom. The summed E-state index contributed by atoms with van der Waals surface area (Å²) in [5.74, 6) is 0.295. The van der Waals surface area contributed by atoms with Gasteiger partial charge in [0.15, 0.2) is 0 Å². The molecule has 0 unspecified atom stereocenters. The van der Waals surface area contributed by atoms with Gasteiger partial charge in [-0.15, -0.1) is 0 Å². The SMILES string of the molecule is CCc1ccc(Cl)c(CC)c1NC(=O)C1CCN(c2ccc(C(F)(F)F)cn2)CC1. The van der Waals surface area contributed by atoms with Gasteiger partial charge in [-0.05, 0) is 55.0 Å². The summed E-state index contributed by atoms with van der Waals surface area (Å²) >= 11 is 6.32. The van der Waals surface area contributed by atoms with Gasteiger partial charge in [-0.1, -0.05) is 31.5 Å². The summed E-state index contributed by atoms with van der Waals surface area (Å²) in [5, 5.41) is 3.73. The number of nitrogens with one attached hydrogen (secondary N) is 1. The predicted molar refractivity (Wildman–Crippen MR) is 113 cm³/mol. The van der Waals surface area contributed by atoms with Gasteiger partial charge < -0.3 is 10.2 Å². The minimum atomic E-state index is -4.40. The fourth-order valence-corrected chi connectivity index (χ4v) is 4.09. The number of carbonyl (C=O) groups is 1. The summed E-state index contributed by atoms with van der Waals surface area (Å²) in [6, 6.07) is 6.23. The molecule has 1 aliphatic heterocycles. The van der Waals surface area contributed by atoms with Crippen LogP contribution in [0.25, 0.3) is 0 Å². The van der Waals surface area contributed by atoms with Crippen LogP contribution in [-0.2, 0) is 23.8 Å². The van der Waals surface area contributed by atoms with E-state index in [-0.39, 0.29) is 11.8 Å². The molecule has 0 aliphatic carbocycles. The number of aryl methyl sites for hydroxylation is 1. The van der Waals surface area contributed by atoms with Crippen molar-refractivity contribution in [3.63, 3.8) is 0 Å². The molecule has 0 bridgehead atoms. The first-order chi connectivity index (χ1) is 14.2. The summed E-state index contributed by atoms with van der Waals surface area (Å²) < 4.78 is 38.1. The minimum Gasteiger partial charge on any atom is -0.357 e. The van der Waals surface area contributed by atoms with Gasteiger partial charge in [0.25, 0.3) is 0 Å². The minimum absolute atomic E-state index is 0.0401. The van der Waals surface area contributed by atoms with Crippen LogP contribution in [-0.4, -0.2) is 24.0 Å². The average molecular weight is 440 g/mol. The number of rotatable bonds is 5. The van der Waals surface area contributed by atoms with E-state index in [4.69, 9.17) is 11.6 Å². The zero-order chi connectivity index (χ0) is 21.9. The summed E-state index contributed by atoms with van der Waals surface area (Å²) in [7, 11) is 0. The Balaban J connectivity index is 1.64. The lowest BCUT2D eigenvalue weighted by Crippen LogP contribution is -2.38. The molecule has 0 radical (unpaired) electrons. The van der Waals surface area contributed by atoms with Crippen molar-refractivity contribution in [2.75, 3.05) is 23.3 Å². The summed E-state index contributed by atoms with van der Waals surface area (Å²) in [6.07, 6.45) is -0.814. The van der Waals surface area contributed by atoms with Gasteiger partial charge in [-0.2, -0.15) is 13.2 Å². The molecule has 1 fully saturated rings. The van der Waals surface area contributed by atoms with Gasteiger partial charge in [0.2, 0.25) is 5.91 Å². The van der Waals surface area contributed by atoms with E-state index < -0.39 is 11.7 Å². The molecule has 3 rings (SSSR count). The highest BCUT2D eigenvalue weighted by Crippen LogP contribution is 2.32. The van der Waals surface area contributed by atoms with Gasteiger partial charge >= 0.3 is 6.18 Å². The number of amides is 1. The number of hydrogen-bond donors (Lipinski definition) is 1. The van der Waals surface area contributed by atoms with Crippen molar-refractivity contribution in [1.29, 1.82) is 0 Å². The number of pyridine rings is 1. The number of nitrogens with zero attached hydrogens (tertiary/aromatic N) is 2. The van der Waals surface area contributed by atoms with Gasteiger partial charge in [0.05, 0.1) is 5.56 Å². The monoisotopic (exact) mass is 439 g/mol. The number of halogens is 4. The second-order valence-electron chi connectivity index (χ2n) is 7.42. The van der Waals surface area contributed by atoms with Crippen LogP contribution in [0.15, 0.2) is 30.5 Å². The molecular formula is C22H25ClF3N3O. The van der Waals surface area contributed by atoms with Gasteiger partial charge in [-0.3, -0.25) is 4.79 Å². The molecule has 1 N–H and O–H groups in total. The van der Waals surface area contributed by atoms with Crippen molar-refractivity contribution < 1.29 is 18.0 Å². The maximum Gasteiger partial charge on any atom is 0.417 e. The van der Waals surface area contributed by atoms with Crippen LogP contribution in [0.3, 0.4) is 0 Å². The third-order valence-corrected chi connectivity index (χ3v) is 5.94. The van der Waals surface area contributed by atoms with Crippen molar-refractivity contribution in [2.24, 2.45) is 5.92 Å². The highest BCUT2D eigenvalue weighted by Gasteiger charge is 2.31. The predicted octanol–water partition coefficient (Wildman–Crippen LogP) is 5.73. The Morgan fingerprint density at radius 2 is 1.87 bits per heavy atom. The molecule has 2 aromatic rings. The van der Waals surface area contributed by atoms with Gasteiger partial charge in [0, 0.05) is 35.9 Å². The molecule has 0 atom stereocenters. The smallest absolute Gasteiger partial charge is 0.357 e. The molecule has 8 heteroatoms. The van der Waals surface area contributed by atoms with Crippen molar-refractivity contribution in [1.82, 2.24) is 4.98 Å². The Labute approximate surface area is 179 Å². The van der Waals surface area contributed by atoms with Crippen LogP contribution < -0.4 is 10.2 Å². The first kappa shape index (κ1) is 22.4. The lowest BCUT2D eigenvalue weighted by atomic mass is 9.95. The molecule has 1 aromatic heterocycles. The number of aromatic nitrogens is 1. The molecule has 4 nitrogen and oxygen atoms in total. The molecule has 2 heterocycles. The van der Waals surface area contributed by atoms with E-state index in [1.807, 2.05) is 30.9 Å². The fourth-order valence-electron chi connectivity index (χ4n) is 3.80. The van der Waals surface area contributed by atoms with E-state index in [0.29, 0.717) is 36.8 Å². The zero-order valence-corrected chi connectivity index (χ0v) is 17.8. The number of benzene rings is 1. The molecule has 0 saturated carbocycles. The average Bonchev–Trinajstić information content (AvgIpc) is 2.74. The topological polar surface area (TPSA) is 45.2 Å². The van der Waals surface area contributed by atoms with Gasteiger partial charge in [-0.25, -0.2) is 4.98 Å². The Bertz CT molecular complexity index is 892. The molecule has 1 saturated heterocycles. The highest BCUT2D eigenvalue weighted by molar-refractivity contribution is 6.32. The first-order valence-corrected chi connectivity index (χ1v) is 10.5. The molecule has 1 aliphatic rings. The first-order valence-electron chi connectivity index (χ1n) is 10.1. The van der Waals surface area contributed by atoms with Crippen LogP contribution in [0, 0.1) is 5.92 Å². The van der Waals surface area contributed by atoms with E-state index in [1.165, 1.54) is 6.07 Å². The molecule has 1 amide bonds. The Hall–Kier alpha value is -2.28. The zero-order valence-electron chi connectivity index (χ0n) is 17.0. The van der Waals surface area contributed by atoms with Crippen LogP contribution >= 0.6 is 11.6 Å². The summed E-state index contributed by atoms with van der Waals surface area (Å²) in [6.45, 7) is 5.17. The number of anilines is 2. The van der Waals surface area contributed by atoms with Crippen molar-refractivity contribution in [2.45, 2.75) is 45.7 Å². The van der Waals surface area contributed by atoms with E-state index in [9.17, 15) is 18.0 Å². The third kappa shape index (κ3) is 4.89. The van der Waals surface area contributed by atoms with Crippen molar-refractivity contribution in [3.05, 3.63) is 52.2 Å². The molecule has 162 valence electrons. The largest absolute Gasteiger partial charge is 0.417 e. The highest BCUT2D eigenvalue weighted by atomic mass is 35.5. The van der Waals surface area contributed by atoms with E-state index in [1.54, 1.807) is 0 Å². The van der Waals surface area contributed by atoms with E-state index >= 15 is 0 Å². The Kier molecular flexibility index (Phi) is 6.91. The summed E-state index contributed by atoms with van der Waals surface area (Å²) in [4.78, 5) is 18.8. The maximum absolute atomic E-state index is 12.9. The molecular weight excluding hydrogens is 415 g/mol. The van der Waals surface area contributed by atoms with Crippen molar-refractivity contribution >= 4 is 29.0 Å². The van der Waals surface area contributed by atoms with Gasteiger partial charge in [0.1, 0.15) is 5.82 Å². The number of hydrogen-bond acceptors (Lipinski definition) is 3. The molecule has 1 aromatic carbocycles. The quantitative estimate of drug-likeness (QED) is 0.646. The van der Waals surface area contributed by atoms with Crippen LogP contribution in [0.1, 0.15) is 43.4 Å². The number of piperidine rings is 1. The molecule has 30 heavy (non-hydrogen) atoms. The fraction of sp³-hybridized carbons (Fsp3) is 0.455. The lowest BCUT2D eigenvalue weighted by molar-refractivity contribution is -0.137.